The highest BCUT2D eigenvalue weighted by atomic mass is 16.1. The number of carbonyl (C=O) groups is 1. The Labute approximate surface area is 92.9 Å². The molecule has 1 saturated carbocycles. The predicted molar refractivity (Wildman–Crippen MR) is 62.6 cm³/mol. The standard InChI is InChI=1S/C14H22O/c1-3-10-7-11-5-6-13(14(15)4-2)12(8-10)9-11/h7,11-13H,3-6,8-9H2,1-2H3. The maximum atomic E-state index is 11.8. The van der Waals surface area contributed by atoms with Crippen LogP contribution in [0.5, 0.6) is 0 Å². The summed E-state index contributed by atoms with van der Waals surface area (Å²) < 4.78 is 0. The molecule has 3 unspecified atom stereocenters. The lowest BCUT2D eigenvalue weighted by Crippen LogP contribution is -2.32. The van der Waals surface area contributed by atoms with Crippen LogP contribution in [-0.2, 0) is 4.79 Å². The van der Waals surface area contributed by atoms with Crippen LogP contribution < -0.4 is 0 Å². The van der Waals surface area contributed by atoms with Crippen molar-refractivity contribution in [1.29, 1.82) is 0 Å². The second kappa shape index (κ2) is 4.51. The van der Waals surface area contributed by atoms with Crippen molar-refractivity contribution in [2.24, 2.45) is 17.8 Å². The monoisotopic (exact) mass is 206 g/mol. The van der Waals surface area contributed by atoms with Gasteiger partial charge in [0.1, 0.15) is 5.78 Å². The lowest BCUT2D eigenvalue weighted by atomic mass is 9.66. The van der Waals surface area contributed by atoms with E-state index in [4.69, 9.17) is 0 Å². The van der Waals surface area contributed by atoms with Gasteiger partial charge in [-0.2, -0.15) is 0 Å². The van der Waals surface area contributed by atoms with Crippen molar-refractivity contribution in [2.75, 3.05) is 0 Å². The fourth-order valence-electron chi connectivity index (χ4n) is 3.36. The lowest BCUT2D eigenvalue weighted by molar-refractivity contribution is -0.125. The highest BCUT2D eigenvalue weighted by Crippen LogP contribution is 2.43. The molecule has 15 heavy (non-hydrogen) atoms. The number of allylic oxidation sites excluding steroid dienone is 2. The van der Waals surface area contributed by atoms with Crippen molar-refractivity contribution >= 4 is 5.78 Å². The Bertz CT molecular complexity index is 277. The predicted octanol–water partition coefficient (Wildman–Crippen LogP) is 3.74. The van der Waals surface area contributed by atoms with Gasteiger partial charge >= 0.3 is 0 Å². The van der Waals surface area contributed by atoms with Crippen molar-refractivity contribution in [3.63, 3.8) is 0 Å². The molecular weight excluding hydrogens is 184 g/mol. The Balaban J connectivity index is 2.10. The number of fused-ring (bicyclic) bond motifs is 2. The number of Topliss-reactive ketones (excluding diaryl/α,β-unsaturated/α-hetero) is 1. The van der Waals surface area contributed by atoms with E-state index in [0.717, 1.165) is 18.8 Å². The van der Waals surface area contributed by atoms with Crippen LogP contribution in [0.2, 0.25) is 0 Å². The summed E-state index contributed by atoms with van der Waals surface area (Å²) in [6.45, 7) is 4.25. The number of hydrogen-bond donors (Lipinski definition) is 0. The van der Waals surface area contributed by atoms with Gasteiger partial charge in [-0.15, -0.1) is 0 Å². The van der Waals surface area contributed by atoms with Crippen LogP contribution >= 0.6 is 0 Å². The van der Waals surface area contributed by atoms with E-state index < -0.39 is 0 Å². The topological polar surface area (TPSA) is 17.1 Å². The second-order valence-corrected chi connectivity index (χ2v) is 5.14. The van der Waals surface area contributed by atoms with Gasteiger partial charge < -0.3 is 0 Å². The van der Waals surface area contributed by atoms with Gasteiger partial charge in [-0.3, -0.25) is 4.79 Å². The van der Waals surface area contributed by atoms with E-state index in [1.54, 1.807) is 5.57 Å². The minimum atomic E-state index is 0.390. The van der Waals surface area contributed by atoms with E-state index in [0.29, 0.717) is 17.6 Å². The molecule has 0 aromatic heterocycles. The van der Waals surface area contributed by atoms with Crippen molar-refractivity contribution in [1.82, 2.24) is 0 Å². The zero-order chi connectivity index (χ0) is 10.8. The smallest absolute Gasteiger partial charge is 0.135 e. The number of ketones is 1. The zero-order valence-electron chi connectivity index (χ0n) is 9.96. The zero-order valence-corrected chi connectivity index (χ0v) is 9.96. The maximum absolute atomic E-state index is 11.8. The van der Waals surface area contributed by atoms with E-state index in [1.807, 2.05) is 6.92 Å². The molecule has 2 rings (SSSR count). The SMILES string of the molecule is CCC(=O)C1CCC2C=C(CC)CC1C2. The Hall–Kier alpha value is -0.590. The Morgan fingerprint density at radius 1 is 1.40 bits per heavy atom. The Morgan fingerprint density at radius 2 is 2.20 bits per heavy atom. The molecular formula is C14H22O. The molecule has 1 heteroatoms. The van der Waals surface area contributed by atoms with Crippen LogP contribution in [0, 0.1) is 17.8 Å². The van der Waals surface area contributed by atoms with Crippen LogP contribution in [0.4, 0.5) is 0 Å². The largest absolute Gasteiger partial charge is 0.299 e. The van der Waals surface area contributed by atoms with Crippen LogP contribution in [-0.4, -0.2) is 5.78 Å². The lowest BCUT2D eigenvalue weighted by Gasteiger charge is -2.38. The van der Waals surface area contributed by atoms with E-state index in [1.165, 1.54) is 25.7 Å². The van der Waals surface area contributed by atoms with Gasteiger partial charge in [0, 0.05) is 12.3 Å². The summed E-state index contributed by atoms with van der Waals surface area (Å²) in [7, 11) is 0. The molecule has 0 aliphatic heterocycles. The number of hydrogen-bond acceptors (Lipinski definition) is 1. The summed E-state index contributed by atoms with van der Waals surface area (Å²) in [5.74, 6) is 2.37. The third-order valence-corrected chi connectivity index (χ3v) is 4.23. The summed E-state index contributed by atoms with van der Waals surface area (Å²) in [6, 6.07) is 0. The Morgan fingerprint density at radius 3 is 2.87 bits per heavy atom. The maximum Gasteiger partial charge on any atom is 0.135 e. The molecule has 1 fully saturated rings. The van der Waals surface area contributed by atoms with Gasteiger partial charge in [0.25, 0.3) is 0 Å². The quantitative estimate of drug-likeness (QED) is 0.643. The fraction of sp³-hybridized carbons (Fsp3) is 0.786. The van der Waals surface area contributed by atoms with Gasteiger partial charge in [-0.05, 0) is 43.9 Å². The number of rotatable bonds is 3. The fourth-order valence-corrected chi connectivity index (χ4v) is 3.36. The Kier molecular flexibility index (Phi) is 3.28. The van der Waals surface area contributed by atoms with E-state index in [-0.39, 0.29) is 0 Å². The van der Waals surface area contributed by atoms with Crippen LogP contribution in [0.1, 0.15) is 52.4 Å². The molecule has 2 aliphatic rings. The van der Waals surface area contributed by atoms with Gasteiger partial charge in [-0.25, -0.2) is 0 Å². The summed E-state index contributed by atoms with van der Waals surface area (Å²) >= 11 is 0. The van der Waals surface area contributed by atoms with Crippen molar-refractivity contribution in [2.45, 2.75) is 52.4 Å². The van der Waals surface area contributed by atoms with Crippen LogP contribution in [0.25, 0.3) is 0 Å². The molecule has 84 valence electrons. The van der Waals surface area contributed by atoms with E-state index in [9.17, 15) is 4.79 Å². The summed E-state index contributed by atoms with van der Waals surface area (Å²) in [5, 5.41) is 0. The molecule has 3 atom stereocenters. The normalized spacial score (nSPS) is 34.8. The summed E-state index contributed by atoms with van der Waals surface area (Å²) in [4.78, 5) is 11.8. The summed E-state index contributed by atoms with van der Waals surface area (Å²) in [6.07, 6.45) is 9.27. The molecule has 0 aromatic rings. The molecule has 0 spiro atoms. The first-order chi connectivity index (χ1) is 7.24. The average molecular weight is 206 g/mol. The van der Waals surface area contributed by atoms with Gasteiger partial charge in [0.2, 0.25) is 0 Å². The third-order valence-electron chi connectivity index (χ3n) is 4.23. The first-order valence-corrected chi connectivity index (χ1v) is 6.46. The van der Waals surface area contributed by atoms with E-state index in [2.05, 4.69) is 13.0 Å². The molecule has 0 aromatic carbocycles. The van der Waals surface area contributed by atoms with Crippen molar-refractivity contribution in [3.05, 3.63) is 11.6 Å². The molecule has 1 nitrogen and oxygen atoms in total. The van der Waals surface area contributed by atoms with Gasteiger partial charge in [-0.1, -0.05) is 25.5 Å². The molecule has 0 amide bonds. The average Bonchev–Trinajstić information content (AvgIpc) is 2.28. The van der Waals surface area contributed by atoms with Crippen molar-refractivity contribution < 1.29 is 4.79 Å². The summed E-state index contributed by atoms with van der Waals surface area (Å²) in [5.41, 5.74) is 1.60. The molecule has 0 saturated heterocycles. The van der Waals surface area contributed by atoms with Crippen molar-refractivity contribution in [3.8, 4) is 0 Å². The first-order valence-electron chi connectivity index (χ1n) is 6.46. The highest BCUT2D eigenvalue weighted by Gasteiger charge is 2.35. The number of carbonyl (C=O) groups excluding carboxylic acids is 1. The highest BCUT2D eigenvalue weighted by molar-refractivity contribution is 5.81. The molecule has 0 radical (unpaired) electrons. The van der Waals surface area contributed by atoms with Crippen LogP contribution in [0.15, 0.2) is 11.6 Å². The van der Waals surface area contributed by atoms with Crippen LogP contribution in [0.3, 0.4) is 0 Å². The second-order valence-electron chi connectivity index (χ2n) is 5.14. The molecule has 0 heterocycles. The van der Waals surface area contributed by atoms with E-state index >= 15 is 0 Å². The first kappa shape index (κ1) is 10.9. The minimum Gasteiger partial charge on any atom is -0.299 e. The third kappa shape index (κ3) is 2.16. The molecule has 0 N–H and O–H groups in total. The van der Waals surface area contributed by atoms with Gasteiger partial charge in [0.15, 0.2) is 0 Å². The van der Waals surface area contributed by atoms with Gasteiger partial charge in [0.05, 0.1) is 0 Å². The minimum absolute atomic E-state index is 0.390. The molecule has 2 aliphatic carbocycles. The molecule has 2 bridgehead atoms.